The molecule has 0 saturated heterocycles. The molecule has 0 radical (unpaired) electrons. The highest BCUT2D eigenvalue weighted by Gasteiger charge is 2.14. The minimum Gasteiger partial charge on any atom is -0.425 e. The highest BCUT2D eigenvalue weighted by molar-refractivity contribution is 7.00. The molecule has 0 aliphatic rings. The number of H-pyrrole nitrogens is 1. The summed E-state index contributed by atoms with van der Waals surface area (Å²) in [7, 11) is 1.79. The van der Waals surface area contributed by atoms with Gasteiger partial charge in [0.05, 0.1) is 18.1 Å². The van der Waals surface area contributed by atoms with Crippen LogP contribution in [0.5, 0.6) is 0 Å². The summed E-state index contributed by atoms with van der Waals surface area (Å²) < 4.78 is 14.2. The summed E-state index contributed by atoms with van der Waals surface area (Å²) in [5, 5.41) is 9.40. The van der Waals surface area contributed by atoms with Gasteiger partial charge in [-0.15, -0.1) is 10.2 Å². The largest absolute Gasteiger partial charge is 0.425 e. The van der Waals surface area contributed by atoms with Crippen molar-refractivity contribution in [2.45, 2.75) is 25.8 Å². The minimum atomic E-state index is 0.0212. The third kappa shape index (κ3) is 4.17. The predicted octanol–water partition coefficient (Wildman–Crippen LogP) is 3.74. The topological polar surface area (TPSA) is 101 Å². The number of carbonyl (C=O) groups excluding carboxylic acids is 1. The molecule has 1 N–H and O–H groups in total. The van der Waals surface area contributed by atoms with Gasteiger partial charge in [0.1, 0.15) is 11.0 Å². The van der Waals surface area contributed by atoms with Crippen LogP contribution in [-0.2, 0) is 24.2 Å². The van der Waals surface area contributed by atoms with Crippen LogP contribution in [0.1, 0.15) is 29.3 Å². The molecule has 0 aliphatic carbocycles. The van der Waals surface area contributed by atoms with E-state index >= 15 is 0 Å². The number of benzene rings is 2. The molecule has 0 aliphatic heterocycles. The van der Waals surface area contributed by atoms with E-state index < -0.39 is 0 Å². The van der Waals surface area contributed by atoms with Gasteiger partial charge in [-0.1, -0.05) is 24.3 Å². The fourth-order valence-corrected chi connectivity index (χ4v) is 4.11. The number of aromatic amines is 1. The molecule has 2 aromatic carbocycles. The van der Waals surface area contributed by atoms with Gasteiger partial charge < -0.3 is 14.3 Å². The van der Waals surface area contributed by atoms with Crippen molar-refractivity contribution in [3.05, 3.63) is 71.6 Å². The summed E-state index contributed by atoms with van der Waals surface area (Å²) in [6, 6.07) is 14.0. The van der Waals surface area contributed by atoms with E-state index in [1.165, 1.54) is 11.7 Å². The predicted molar refractivity (Wildman–Crippen MR) is 118 cm³/mol. The van der Waals surface area contributed by atoms with Crippen LogP contribution in [0.15, 0.2) is 53.1 Å². The van der Waals surface area contributed by atoms with Crippen molar-refractivity contribution < 1.29 is 9.21 Å². The molecule has 0 unspecified atom stereocenters. The lowest BCUT2D eigenvalue weighted by atomic mass is 10.1. The van der Waals surface area contributed by atoms with Crippen molar-refractivity contribution in [2.75, 3.05) is 7.05 Å². The number of amides is 1. The van der Waals surface area contributed by atoms with Crippen molar-refractivity contribution in [3.8, 4) is 0 Å². The fourth-order valence-electron chi connectivity index (χ4n) is 3.59. The summed E-state index contributed by atoms with van der Waals surface area (Å²) in [6.45, 7) is 0.516. The van der Waals surface area contributed by atoms with Gasteiger partial charge >= 0.3 is 0 Å². The van der Waals surface area contributed by atoms with E-state index in [1.54, 1.807) is 11.9 Å². The summed E-state index contributed by atoms with van der Waals surface area (Å²) >= 11 is 1.19. The summed E-state index contributed by atoms with van der Waals surface area (Å²) in [6.07, 6.45) is 3.25. The maximum absolute atomic E-state index is 12.5. The second-order valence-electron chi connectivity index (χ2n) is 7.46. The van der Waals surface area contributed by atoms with Gasteiger partial charge in [-0.05, 0) is 29.3 Å². The summed E-state index contributed by atoms with van der Waals surface area (Å²) in [4.78, 5) is 17.5. The average Bonchev–Trinajstić information content (AvgIpc) is 3.52. The lowest BCUT2D eigenvalue weighted by molar-refractivity contribution is -0.130. The lowest BCUT2D eigenvalue weighted by Crippen LogP contribution is -2.26. The molecular weight excluding hydrogens is 412 g/mol. The van der Waals surface area contributed by atoms with Crippen LogP contribution in [0.2, 0.25) is 0 Å². The molecular formula is C22H20N6O2S. The van der Waals surface area contributed by atoms with E-state index in [0.717, 1.165) is 33.1 Å². The number of nitrogens with zero attached hydrogens (tertiary/aromatic N) is 5. The van der Waals surface area contributed by atoms with Crippen molar-refractivity contribution in [2.24, 2.45) is 0 Å². The first kappa shape index (κ1) is 19.4. The Kier molecular flexibility index (Phi) is 5.17. The van der Waals surface area contributed by atoms with Crippen LogP contribution < -0.4 is 0 Å². The van der Waals surface area contributed by atoms with E-state index in [4.69, 9.17) is 4.42 Å². The maximum Gasteiger partial charge on any atom is 0.223 e. The summed E-state index contributed by atoms with van der Waals surface area (Å²) in [5.74, 6) is 1.05. The molecule has 5 rings (SSSR count). The number of hydrogen-bond acceptors (Lipinski definition) is 7. The number of para-hydroxylation sites is 1. The van der Waals surface area contributed by atoms with E-state index in [9.17, 15) is 4.79 Å². The van der Waals surface area contributed by atoms with Gasteiger partial charge in [0, 0.05) is 43.5 Å². The molecule has 5 aromatic rings. The highest BCUT2D eigenvalue weighted by Crippen LogP contribution is 2.20. The number of carbonyl (C=O) groups is 1. The second-order valence-corrected chi connectivity index (χ2v) is 7.99. The van der Waals surface area contributed by atoms with E-state index in [-0.39, 0.29) is 5.91 Å². The number of fused-ring (bicyclic) bond motifs is 2. The molecule has 9 heteroatoms. The molecule has 0 bridgehead atoms. The second kappa shape index (κ2) is 8.27. The molecule has 0 atom stereocenters. The molecule has 156 valence electrons. The van der Waals surface area contributed by atoms with Crippen molar-refractivity contribution in [1.82, 2.24) is 28.8 Å². The lowest BCUT2D eigenvalue weighted by Gasteiger charge is -2.16. The first-order chi connectivity index (χ1) is 15.2. The first-order valence-electron chi connectivity index (χ1n) is 9.97. The number of rotatable bonds is 7. The molecule has 3 aromatic heterocycles. The molecule has 31 heavy (non-hydrogen) atoms. The van der Waals surface area contributed by atoms with Gasteiger partial charge in [-0.25, -0.2) is 0 Å². The summed E-state index contributed by atoms with van der Waals surface area (Å²) in [5.41, 5.74) is 4.94. The Balaban J connectivity index is 1.17. The van der Waals surface area contributed by atoms with E-state index in [0.29, 0.717) is 37.6 Å². The van der Waals surface area contributed by atoms with Gasteiger partial charge in [0.15, 0.2) is 0 Å². The average molecular weight is 433 g/mol. The third-order valence-electron chi connectivity index (χ3n) is 5.24. The molecule has 0 fully saturated rings. The van der Waals surface area contributed by atoms with Crippen LogP contribution in [0.4, 0.5) is 0 Å². The Bertz CT molecular complexity index is 1350. The molecule has 3 heterocycles. The van der Waals surface area contributed by atoms with Crippen molar-refractivity contribution in [1.29, 1.82) is 0 Å². The zero-order valence-electron chi connectivity index (χ0n) is 16.9. The van der Waals surface area contributed by atoms with Crippen LogP contribution in [0.25, 0.3) is 21.9 Å². The van der Waals surface area contributed by atoms with Gasteiger partial charge in [0.2, 0.25) is 17.7 Å². The Morgan fingerprint density at radius 2 is 1.94 bits per heavy atom. The highest BCUT2D eigenvalue weighted by atomic mass is 32.1. The molecule has 0 spiro atoms. The normalized spacial score (nSPS) is 11.4. The van der Waals surface area contributed by atoms with Crippen molar-refractivity contribution >= 4 is 39.6 Å². The van der Waals surface area contributed by atoms with Crippen LogP contribution in [0.3, 0.4) is 0 Å². The Morgan fingerprint density at radius 1 is 1.10 bits per heavy atom. The van der Waals surface area contributed by atoms with Gasteiger partial charge in [-0.2, -0.15) is 8.75 Å². The fraction of sp³-hybridized carbons (Fsp3) is 0.227. The monoisotopic (exact) mass is 432 g/mol. The van der Waals surface area contributed by atoms with Gasteiger partial charge in [-0.3, -0.25) is 4.79 Å². The van der Waals surface area contributed by atoms with Crippen LogP contribution >= 0.6 is 11.7 Å². The number of nitrogens with one attached hydrogen (secondary N) is 1. The Morgan fingerprint density at radius 3 is 2.87 bits per heavy atom. The first-order valence-corrected chi connectivity index (χ1v) is 10.7. The van der Waals surface area contributed by atoms with Gasteiger partial charge in [0.25, 0.3) is 0 Å². The Hall–Kier alpha value is -3.59. The standard InChI is InChI=1S/C22H20N6O2S/c1-28(13-14-6-7-18-19(10-14)27-31-26-18)22(29)9-8-20-24-25-21(30-20)11-15-12-23-17-5-3-2-4-16(15)17/h2-7,10,12,23H,8-9,11,13H2,1H3. The maximum atomic E-state index is 12.5. The van der Waals surface area contributed by atoms with Crippen LogP contribution in [0, 0.1) is 0 Å². The molecule has 0 saturated carbocycles. The molecule has 8 nitrogen and oxygen atoms in total. The zero-order chi connectivity index (χ0) is 21.2. The third-order valence-corrected chi connectivity index (χ3v) is 5.80. The number of aryl methyl sites for hydroxylation is 1. The van der Waals surface area contributed by atoms with E-state index in [1.807, 2.05) is 42.6 Å². The van der Waals surface area contributed by atoms with Crippen LogP contribution in [-0.4, -0.2) is 41.8 Å². The minimum absolute atomic E-state index is 0.0212. The Labute approximate surface area is 182 Å². The number of hydrogen-bond donors (Lipinski definition) is 1. The van der Waals surface area contributed by atoms with E-state index in [2.05, 4.69) is 30.0 Å². The quantitative estimate of drug-likeness (QED) is 0.420. The van der Waals surface area contributed by atoms with Crippen molar-refractivity contribution in [3.63, 3.8) is 0 Å². The zero-order valence-corrected chi connectivity index (χ0v) is 17.7. The SMILES string of the molecule is CN(Cc1ccc2nsnc2c1)C(=O)CCc1nnc(Cc2c[nH]c3ccccc23)o1. The molecule has 1 amide bonds. The smallest absolute Gasteiger partial charge is 0.223 e. The number of aromatic nitrogens is 5.